The molecule has 2 aromatic carbocycles. The second-order valence-electron chi connectivity index (χ2n) is 4.68. The average molecular weight is 313 g/mol. The van der Waals surface area contributed by atoms with Crippen molar-refractivity contribution in [3.05, 3.63) is 52.8 Å². The van der Waals surface area contributed by atoms with Crippen molar-refractivity contribution in [2.24, 2.45) is 17.3 Å². The quantitative estimate of drug-likeness (QED) is 0.597. The van der Waals surface area contributed by atoms with Gasteiger partial charge in [-0.15, -0.1) is 5.10 Å². The largest absolute Gasteiger partial charge is 0.507 e. The first-order chi connectivity index (χ1) is 10.7. The third-order valence-electron chi connectivity index (χ3n) is 3.29. The van der Waals surface area contributed by atoms with Crippen LogP contribution in [-0.2, 0) is 7.05 Å². The van der Waals surface area contributed by atoms with Gasteiger partial charge in [0, 0.05) is 12.6 Å². The number of nitrogens with zero attached hydrogens (tertiary/aromatic N) is 3. The molecule has 0 aliphatic carbocycles. The number of ether oxygens (including phenoxy) is 1. The molecule has 3 rings (SSSR count). The summed E-state index contributed by atoms with van der Waals surface area (Å²) in [6.45, 7) is 0. The van der Waals surface area contributed by atoms with Gasteiger partial charge in [-0.1, -0.05) is 23.5 Å². The van der Waals surface area contributed by atoms with Gasteiger partial charge >= 0.3 is 0 Å². The number of phenols is 1. The minimum absolute atomic E-state index is 0.139. The minimum Gasteiger partial charge on any atom is -0.507 e. The van der Waals surface area contributed by atoms with Crippen molar-refractivity contribution in [2.75, 3.05) is 7.11 Å². The zero-order valence-electron chi connectivity index (χ0n) is 12.2. The summed E-state index contributed by atoms with van der Waals surface area (Å²) in [5.41, 5.74) is 1.68. The van der Waals surface area contributed by atoms with Crippen LogP contribution in [0.3, 0.4) is 0 Å². The maximum absolute atomic E-state index is 9.81. The molecule has 1 heterocycles. The van der Waals surface area contributed by atoms with Crippen molar-refractivity contribution >= 4 is 27.8 Å². The fraction of sp³-hybridized carbons (Fsp3) is 0.125. The molecule has 0 saturated carbocycles. The van der Waals surface area contributed by atoms with Crippen LogP contribution in [0.2, 0.25) is 0 Å². The van der Waals surface area contributed by atoms with Gasteiger partial charge in [-0.2, -0.15) is 5.10 Å². The fourth-order valence-corrected chi connectivity index (χ4v) is 3.06. The standard InChI is InChI=1S/C16H15N3O2S/c1-19-13-5-3-4-6-15(13)22-16(19)18-17-10-11-9-12(21-2)7-8-14(11)20/h3-10,20H,1-2H3/b17-10+,18-16?. The van der Waals surface area contributed by atoms with Gasteiger partial charge in [0.05, 0.1) is 23.5 Å². The third kappa shape index (κ3) is 2.73. The Labute approximate surface area is 131 Å². The van der Waals surface area contributed by atoms with Gasteiger partial charge in [0.2, 0.25) is 4.80 Å². The van der Waals surface area contributed by atoms with E-state index in [2.05, 4.69) is 16.3 Å². The molecule has 0 unspecified atom stereocenters. The molecule has 0 radical (unpaired) electrons. The fourth-order valence-electron chi connectivity index (χ4n) is 2.08. The summed E-state index contributed by atoms with van der Waals surface area (Å²) >= 11 is 1.57. The summed E-state index contributed by atoms with van der Waals surface area (Å²) < 4.78 is 8.27. The number of para-hydroxylation sites is 1. The molecule has 3 aromatic rings. The lowest BCUT2D eigenvalue weighted by Crippen LogP contribution is -2.08. The van der Waals surface area contributed by atoms with Crippen LogP contribution >= 0.6 is 11.3 Å². The summed E-state index contributed by atoms with van der Waals surface area (Å²) in [5, 5.41) is 18.1. The molecule has 0 bridgehead atoms. The summed E-state index contributed by atoms with van der Waals surface area (Å²) in [7, 11) is 3.53. The monoisotopic (exact) mass is 313 g/mol. The highest BCUT2D eigenvalue weighted by molar-refractivity contribution is 7.16. The lowest BCUT2D eigenvalue weighted by atomic mass is 10.2. The molecule has 0 aliphatic heterocycles. The Morgan fingerprint density at radius 1 is 1.23 bits per heavy atom. The molecule has 0 aliphatic rings. The van der Waals surface area contributed by atoms with Gasteiger partial charge in [-0.05, 0) is 30.3 Å². The molecule has 5 nitrogen and oxygen atoms in total. The number of aromatic hydroxyl groups is 1. The first-order valence-electron chi connectivity index (χ1n) is 6.67. The molecular weight excluding hydrogens is 298 g/mol. The number of aryl methyl sites for hydroxylation is 1. The Kier molecular flexibility index (Phi) is 3.93. The molecule has 0 saturated heterocycles. The predicted molar refractivity (Wildman–Crippen MR) is 88.6 cm³/mol. The predicted octanol–water partition coefficient (Wildman–Crippen LogP) is 2.89. The van der Waals surface area contributed by atoms with E-state index in [0.29, 0.717) is 11.3 Å². The third-order valence-corrected chi connectivity index (χ3v) is 4.39. The lowest BCUT2D eigenvalue weighted by Gasteiger charge is -2.01. The minimum atomic E-state index is 0.139. The van der Waals surface area contributed by atoms with E-state index in [1.807, 2.05) is 29.8 Å². The van der Waals surface area contributed by atoms with Crippen molar-refractivity contribution in [3.63, 3.8) is 0 Å². The zero-order valence-corrected chi connectivity index (χ0v) is 13.0. The first-order valence-corrected chi connectivity index (χ1v) is 7.49. The second-order valence-corrected chi connectivity index (χ2v) is 5.69. The summed E-state index contributed by atoms with van der Waals surface area (Å²) in [5.74, 6) is 0.798. The SMILES string of the molecule is COc1ccc(O)c(/C=N/N=c2sc3ccccc3n2C)c1. The number of methoxy groups -OCH3 is 1. The number of phenolic OH excluding ortho intramolecular Hbond substituents is 1. The Morgan fingerprint density at radius 2 is 2.05 bits per heavy atom. The van der Waals surface area contributed by atoms with E-state index in [-0.39, 0.29) is 5.75 Å². The van der Waals surface area contributed by atoms with Gasteiger partial charge in [-0.25, -0.2) is 0 Å². The van der Waals surface area contributed by atoms with Crippen LogP contribution in [0, 0.1) is 0 Å². The molecule has 22 heavy (non-hydrogen) atoms. The Morgan fingerprint density at radius 3 is 2.82 bits per heavy atom. The molecule has 0 spiro atoms. The molecule has 6 heteroatoms. The van der Waals surface area contributed by atoms with Crippen molar-refractivity contribution in [1.82, 2.24) is 4.57 Å². The molecule has 112 valence electrons. The number of hydrogen-bond acceptors (Lipinski definition) is 5. The normalized spacial score (nSPS) is 12.4. The Hall–Kier alpha value is -2.60. The summed E-state index contributed by atoms with van der Waals surface area (Å²) in [6, 6.07) is 13.1. The summed E-state index contributed by atoms with van der Waals surface area (Å²) in [6.07, 6.45) is 1.52. The number of rotatable bonds is 3. The van der Waals surface area contributed by atoms with E-state index < -0.39 is 0 Å². The number of benzene rings is 2. The van der Waals surface area contributed by atoms with E-state index in [9.17, 15) is 5.11 Å². The highest BCUT2D eigenvalue weighted by Gasteiger charge is 2.02. The van der Waals surface area contributed by atoms with E-state index in [4.69, 9.17) is 4.74 Å². The van der Waals surface area contributed by atoms with E-state index in [1.54, 1.807) is 36.6 Å². The Balaban J connectivity index is 1.97. The van der Waals surface area contributed by atoms with Crippen molar-refractivity contribution in [2.45, 2.75) is 0 Å². The zero-order chi connectivity index (χ0) is 15.5. The smallest absolute Gasteiger partial charge is 0.211 e. The first kappa shape index (κ1) is 14.3. The van der Waals surface area contributed by atoms with E-state index in [0.717, 1.165) is 15.0 Å². The van der Waals surface area contributed by atoms with Gasteiger partial charge in [-0.3, -0.25) is 0 Å². The maximum Gasteiger partial charge on any atom is 0.211 e. The van der Waals surface area contributed by atoms with Crippen LogP contribution in [0.15, 0.2) is 52.7 Å². The van der Waals surface area contributed by atoms with Crippen LogP contribution < -0.4 is 9.54 Å². The molecular formula is C16H15N3O2S. The lowest BCUT2D eigenvalue weighted by molar-refractivity contribution is 0.412. The van der Waals surface area contributed by atoms with Crippen molar-refractivity contribution in [1.29, 1.82) is 0 Å². The topological polar surface area (TPSA) is 59.1 Å². The van der Waals surface area contributed by atoms with Crippen molar-refractivity contribution < 1.29 is 9.84 Å². The van der Waals surface area contributed by atoms with Gasteiger partial charge in [0.15, 0.2) is 0 Å². The van der Waals surface area contributed by atoms with Crippen LogP contribution in [-0.4, -0.2) is 23.0 Å². The highest BCUT2D eigenvalue weighted by atomic mass is 32.1. The number of thiazole rings is 1. The molecule has 1 N–H and O–H groups in total. The van der Waals surface area contributed by atoms with Gasteiger partial charge < -0.3 is 14.4 Å². The second kappa shape index (κ2) is 6.03. The molecule has 1 aromatic heterocycles. The molecule has 0 fully saturated rings. The Bertz CT molecular complexity index is 909. The summed E-state index contributed by atoms with van der Waals surface area (Å²) in [4.78, 5) is 0.792. The average Bonchev–Trinajstić information content (AvgIpc) is 2.86. The van der Waals surface area contributed by atoms with Crippen LogP contribution in [0.4, 0.5) is 0 Å². The molecule has 0 amide bonds. The maximum atomic E-state index is 9.81. The van der Waals surface area contributed by atoms with Gasteiger partial charge in [0.1, 0.15) is 11.5 Å². The number of fused-ring (bicyclic) bond motifs is 1. The van der Waals surface area contributed by atoms with Gasteiger partial charge in [0.25, 0.3) is 0 Å². The van der Waals surface area contributed by atoms with E-state index in [1.165, 1.54) is 6.21 Å². The number of aromatic nitrogens is 1. The molecule has 0 atom stereocenters. The van der Waals surface area contributed by atoms with E-state index >= 15 is 0 Å². The van der Waals surface area contributed by atoms with Crippen LogP contribution in [0.5, 0.6) is 11.5 Å². The highest BCUT2D eigenvalue weighted by Crippen LogP contribution is 2.21. The van der Waals surface area contributed by atoms with Crippen LogP contribution in [0.25, 0.3) is 10.2 Å². The van der Waals surface area contributed by atoms with Crippen molar-refractivity contribution in [3.8, 4) is 11.5 Å². The van der Waals surface area contributed by atoms with Crippen LogP contribution in [0.1, 0.15) is 5.56 Å². The number of hydrogen-bond donors (Lipinski definition) is 1.